The molecule has 1 saturated heterocycles. The molecule has 0 bridgehead atoms. The lowest BCUT2D eigenvalue weighted by atomic mass is 10.1. The summed E-state index contributed by atoms with van der Waals surface area (Å²) in [5, 5.41) is 11.2. The Hall–Kier alpha value is -1.76. The first-order chi connectivity index (χ1) is 8.45. The second kappa shape index (κ2) is 4.49. The minimum Gasteiger partial charge on any atom is -0.477 e. The molecule has 7 heteroatoms. The van der Waals surface area contributed by atoms with Crippen LogP contribution in [0.4, 0.5) is 0 Å². The van der Waals surface area contributed by atoms with Crippen molar-refractivity contribution in [2.45, 2.75) is 24.1 Å². The Balaban J connectivity index is 2.43. The molecule has 1 fully saturated rings. The number of carboxylic acid groups (broad SMARTS) is 1. The van der Waals surface area contributed by atoms with Crippen molar-refractivity contribution in [2.24, 2.45) is 0 Å². The van der Waals surface area contributed by atoms with Gasteiger partial charge < -0.3 is 10.4 Å². The van der Waals surface area contributed by atoms with E-state index in [9.17, 15) is 19.5 Å². The van der Waals surface area contributed by atoms with Crippen LogP contribution in [0.15, 0.2) is 23.9 Å². The molecular formula is C11H12N2O4S. The number of hydrogen-bond donors (Lipinski definition) is 2. The number of β-lactam (4-membered cyclic amide) rings is 1. The third-order valence-electron chi connectivity index (χ3n) is 2.75. The third kappa shape index (κ3) is 1.90. The fourth-order valence-electron chi connectivity index (χ4n) is 1.99. The van der Waals surface area contributed by atoms with Crippen LogP contribution in [0, 0.1) is 0 Å². The Morgan fingerprint density at radius 1 is 1.61 bits per heavy atom. The van der Waals surface area contributed by atoms with Crippen LogP contribution >= 0.6 is 11.8 Å². The zero-order chi connectivity index (χ0) is 13.4. The summed E-state index contributed by atoms with van der Waals surface area (Å²) in [5.41, 5.74) is 0.274. The molecular weight excluding hydrogens is 256 g/mol. The molecule has 0 aromatic heterocycles. The Bertz CT molecular complexity index is 485. The lowest BCUT2D eigenvalue weighted by molar-refractivity contribution is -0.146. The Morgan fingerprint density at radius 3 is 2.72 bits per heavy atom. The first kappa shape index (κ1) is 12.7. The predicted molar refractivity (Wildman–Crippen MR) is 65.3 cm³/mol. The van der Waals surface area contributed by atoms with Crippen LogP contribution in [0.25, 0.3) is 0 Å². The van der Waals surface area contributed by atoms with E-state index >= 15 is 0 Å². The number of amides is 2. The van der Waals surface area contributed by atoms with Crippen molar-refractivity contribution in [3.8, 4) is 0 Å². The van der Waals surface area contributed by atoms with Gasteiger partial charge in [-0.05, 0) is 0 Å². The fraction of sp³-hybridized carbons (Fsp3) is 0.364. The van der Waals surface area contributed by atoms with Gasteiger partial charge in [0.25, 0.3) is 0 Å². The molecule has 18 heavy (non-hydrogen) atoms. The average Bonchev–Trinajstić information content (AvgIpc) is 2.26. The maximum absolute atomic E-state index is 11.5. The number of carbonyl (C=O) groups excluding carboxylic acids is 2. The zero-order valence-corrected chi connectivity index (χ0v) is 10.5. The minimum absolute atomic E-state index is 0.0799. The molecule has 0 spiro atoms. The molecule has 2 aliphatic heterocycles. The van der Waals surface area contributed by atoms with Crippen LogP contribution in [0.5, 0.6) is 0 Å². The van der Waals surface area contributed by atoms with E-state index in [4.69, 9.17) is 0 Å². The molecule has 0 radical (unpaired) electrons. The van der Waals surface area contributed by atoms with Gasteiger partial charge in [-0.15, -0.1) is 11.8 Å². The van der Waals surface area contributed by atoms with Crippen LogP contribution in [0.1, 0.15) is 13.3 Å². The number of carboxylic acids is 1. The molecule has 0 aliphatic carbocycles. The molecule has 2 N–H and O–H groups in total. The smallest absolute Gasteiger partial charge is 0.353 e. The molecule has 2 heterocycles. The van der Waals surface area contributed by atoms with Crippen molar-refractivity contribution in [2.75, 3.05) is 0 Å². The molecule has 2 amide bonds. The monoisotopic (exact) mass is 268 g/mol. The second-order valence-electron chi connectivity index (χ2n) is 3.95. The van der Waals surface area contributed by atoms with Crippen molar-refractivity contribution in [1.82, 2.24) is 10.2 Å². The standard InChI is InChI=1S/C11H12N2O4S/c1-3-6-9(11(16)17)13-7(15)4-8(13)18-10(6)12-5(2)14/h3,8,10H,1,4H2,2H3,(H,12,14)(H,16,17)/t8-,10?/m1/s1. The van der Waals surface area contributed by atoms with Gasteiger partial charge in [-0.2, -0.15) is 0 Å². The summed E-state index contributed by atoms with van der Waals surface area (Å²) in [7, 11) is 0. The summed E-state index contributed by atoms with van der Waals surface area (Å²) in [4.78, 5) is 35.1. The molecule has 0 aromatic carbocycles. The maximum Gasteiger partial charge on any atom is 0.353 e. The van der Waals surface area contributed by atoms with Crippen molar-refractivity contribution in [3.63, 3.8) is 0 Å². The van der Waals surface area contributed by atoms with Crippen molar-refractivity contribution in [3.05, 3.63) is 23.9 Å². The van der Waals surface area contributed by atoms with Gasteiger partial charge in [0, 0.05) is 12.5 Å². The van der Waals surface area contributed by atoms with E-state index < -0.39 is 11.3 Å². The van der Waals surface area contributed by atoms with Gasteiger partial charge in [0.2, 0.25) is 11.8 Å². The van der Waals surface area contributed by atoms with E-state index in [0.29, 0.717) is 12.0 Å². The lowest BCUT2D eigenvalue weighted by Gasteiger charge is -2.46. The number of nitrogens with one attached hydrogen (secondary N) is 1. The highest BCUT2D eigenvalue weighted by molar-refractivity contribution is 8.00. The topological polar surface area (TPSA) is 86.7 Å². The van der Waals surface area contributed by atoms with Gasteiger partial charge in [0.1, 0.15) is 11.1 Å². The van der Waals surface area contributed by atoms with Crippen LogP contribution in [-0.4, -0.2) is 38.5 Å². The van der Waals surface area contributed by atoms with Crippen LogP contribution in [-0.2, 0) is 14.4 Å². The highest BCUT2D eigenvalue weighted by Crippen LogP contribution is 2.43. The van der Waals surface area contributed by atoms with Gasteiger partial charge in [0.05, 0.1) is 11.8 Å². The summed E-state index contributed by atoms with van der Waals surface area (Å²) >= 11 is 1.35. The van der Waals surface area contributed by atoms with E-state index in [1.165, 1.54) is 29.7 Å². The molecule has 1 unspecified atom stereocenters. The Labute approximate surface area is 108 Å². The minimum atomic E-state index is -1.18. The van der Waals surface area contributed by atoms with Crippen molar-refractivity contribution < 1.29 is 19.5 Å². The van der Waals surface area contributed by atoms with Crippen LogP contribution in [0.2, 0.25) is 0 Å². The number of carbonyl (C=O) groups is 3. The van der Waals surface area contributed by atoms with Crippen LogP contribution in [0.3, 0.4) is 0 Å². The first-order valence-electron chi connectivity index (χ1n) is 5.30. The van der Waals surface area contributed by atoms with E-state index in [2.05, 4.69) is 11.9 Å². The molecule has 0 saturated carbocycles. The highest BCUT2D eigenvalue weighted by atomic mass is 32.2. The van der Waals surface area contributed by atoms with Gasteiger partial charge in [-0.1, -0.05) is 12.7 Å². The summed E-state index contributed by atoms with van der Waals surface area (Å²) in [5.74, 6) is -1.65. The summed E-state index contributed by atoms with van der Waals surface area (Å²) in [6.45, 7) is 4.92. The summed E-state index contributed by atoms with van der Waals surface area (Å²) in [6, 6.07) is 0. The predicted octanol–water partition coefficient (Wildman–Crippen LogP) is 0.278. The van der Waals surface area contributed by atoms with Gasteiger partial charge in [0.15, 0.2) is 0 Å². The van der Waals surface area contributed by atoms with E-state index in [-0.39, 0.29) is 22.9 Å². The van der Waals surface area contributed by atoms with E-state index in [1.807, 2.05) is 0 Å². The average molecular weight is 268 g/mol. The maximum atomic E-state index is 11.5. The molecule has 2 atom stereocenters. The van der Waals surface area contributed by atoms with Gasteiger partial charge in [-0.25, -0.2) is 4.79 Å². The highest BCUT2D eigenvalue weighted by Gasteiger charge is 2.48. The molecule has 2 rings (SSSR count). The van der Waals surface area contributed by atoms with Crippen LogP contribution < -0.4 is 5.32 Å². The third-order valence-corrected chi connectivity index (χ3v) is 4.09. The van der Waals surface area contributed by atoms with Gasteiger partial charge in [-0.3, -0.25) is 14.5 Å². The molecule has 0 aromatic rings. The first-order valence-corrected chi connectivity index (χ1v) is 6.24. The largest absolute Gasteiger partial charge is 0.477 e. The van der Waals surface area contributed by atoms with Crippen molar-refractivity contribution >= 4 is 29.5 Å². The molecule has 6 nitrogen and oxygen atoms in total. The normalized spacial score (nSPS) is 26.3. The molecule has 96 valence electrons. The number of aliphatic carboxylic acids is 1. The number of rotatable bonds is 3. The molecule has 2 aliphatic rings. The van der Waals surface area contributed by atoms with Gasteiger partial charge >= 0.3 is 5.97 Å². The number of nitrogens with zero attached hydrogens (tertiary/aromatic N) is 1. The second-order valence-corrected chi connectivity index (χ2v) is 5.24. The SMILES string of the molecule is C=CC1=C(C(=O)O)N2C(=O)C[C@H]2SC1NC(C)=O. The number of thioether (sulfide) groups is 1. The quantitative estimate of drug-likeness (QED) is 0.718. The fourth-order valence-corrected chi connectivity index (χ4v) is 3.47. The Morgan fingerprint density at radius 2 is 2.28 bits per heavy atom. The number of fused-ring (bicyclic) bond motifs is 1. The van der Waals surface area contributed by atoms with E-state index in [0.717, 1.165) is 0 Å². The Kier molecular flexibility index (Phi) is 3.16. The van der Waals surface area contributed by atoms with E-state index in [1.54, 1.807) is 0 Å². The lowest BCUT2D eigenvalue weighted by Crippen LogP contribution is -2.57. The summed E-state index contributed by atoms with van der Waals surface area (Å²) < 4.78 is 0. The summed E-state index contributed by atoms with van der Waals surface area (Å²) in [6.07, 6.45) is 1.67. The van der Waals surface area contributed by atoms with Crippen molar-refractivity contribution in [1.29, 1.82) is 0 Å². The number of hydrogen-bond acceptors (Lipinski definition) is 4. The zero-order valence-electron chi connectivity index (χ0n) is 9.67.